The number of primary sulfonamides is 1. The molecule has 4 aromatic rings. The van der Waals surface area contributed by atoms with E-state index >= 15 is 0 Å². The molecule has 0 amide bonds. The van der Waals surface area contributed by atoms with Crippen LogP contribution in [0.5, 0.6) is 6.01 Å². The fourth-order valence-corrected chi connectivity index (χ4v) is 3.98. The van der Waals surface area contributed by atoms with Gasteiger partial charge in [0.1, 0.15) is 4.90 Å². The molecule has 0 saturated heterocycles. The number of benzene rings is 2. The van der Waals surface area contributed by atoms with Crippen molar-refractivity contribution in [3.05, 3.63) is 59.8 Å². The van der Waals surface area contributed by atoms with Crippen molar-refractivity contribution in [1.82, 2.24) is 19.9 Å². The lowest BCUT2D eigenvalue weighted by Gasteiger charge is -2.09. The van der Waals surface area contributed by atoms with Crippen LogP contribution in [0.3, 0.4) is 0 Å². The molecule has 0 bridgehead atoms. The van der Waals surface area contributed by atoms with Crippen LogP contribution in [0.2, 0.25) is 0 Å². The van der Waals surface area contributed by atoms with E-state index in [9.17, 15) is 8.42 Å². The zero-order chi connectivity index (χ0) is 21.3. The van der Waals surface area contributed by atoms with Gasteiger partial charge in [-0.1, -0.05) is 42.5 Å². The second kappa shape index (κ2) is 7.73. The van der Waals surface area contributed by atoms with Crippen molar-refractivity contribution >= 4 is 26.9 Å². The Labute approximate surface area is 173 Å². The predicted molar refractivity (Wildman–Crippen MR) is 114 cm³/mol. The number of sulfonamides is 1. The molecule has 0 saturated carbocycles. The second-order valence-corrected chi connectivity index (χ2v) is 8.19. The molecule has 0 radical (unpaired) electrons. The number of aryl methyl sites for hydroxylation is 1. The Morgan fingerprint density at radius 3 is 2.53 bits per heavy atom. The first kappa shape index (κ1) is 19.8. The minimum absolute atomic E-state index is 0.0118. The van der Waals surface area contributed by atoms with Gasteiger partial charge in [0.15, 0.2) is 5.82 Å². The summed E-state index contributed by atoms with van der Waals surface area (Å²) in [5.41, 5.74) is 2.83. The molecule has 0 aliphatic rings. The second-order valence-electron chi connectivity index (χ2n) is 6.66. The number of hydrogen-bond donors (Lipinski definition) is 3. The van der Waals surface area contributed by atoms with Crippen molar-refractivity contribution in [1.29, 1.82) is 0 Å². The first-order valence-corrected chi connectivity index (χ1v) is 10.6. The third-order valence-corrected chi connectivity index (χ3v) is 5.56. The molecule has 0 unspecified atom stereocenters. The number of fused-ring (bicyclic) bond motifs is 1. The summed E-state index contributed by atoms with van der Waals surface area (Å²) in [6.07, 6.45) is 0. The highest BCUT2D eigenvalue weighted by Crippen LogP contribution is 2.33. The monoisotopic (exact) mass is 424 g/mol. The number of ether oxygens (including phenoxy) is 1. The maximum Gasteiger partial charge on any atom is 0.321 e. The molecule has 0 aliphatic carbocycles. The molecular weight excluding hydrogens is 404 g/mol. The van der Waals surface area contributed by atoms with E-state index in [-0.39, 0.29) is 10.9 Å². The summed E-state index contributed by atoms with van der Waals surface area (Å²) < 4.78 is 29.2. The van der Waals surface area contributed by atoms with Crippen LogP contribution in [0.1, 0.15) is 11.3 Å². The van der Waals surface area contributed by atoms with E-state index in [0.29, 0.717) is 40.5 Å². The molecule has 0 atom stereocenters. The fourth-order valence-electron chi connectivity index (χ4n) is 3.26. The van der Waals surface area contributed by atoms with Crippen molar-refractivity contribution in [2.75, 3.05) is 12.4 Å². The summed E-state index contributed by atoms with van der Waals surface area (Å²) >= 11 is 0. The van der Waals surface area contributed by atoms with Crippen molar-refractivity contribution in [2.24, 2.45) is 5.14 Å². The van der Waals surface area contributed by atoms with Gasteiger partial charge in [-0.25, -0.2) is 13.6 Å². The van der Waals surface area contributed by atoms with E-state index in [2.05, 4.69) is 25.3 Å². The van der Waals surface area contributed by atoms with Gasteiger partial charge >= 0.3 is 6.01 Å². The molecule has 4 rings (SSSR count). The Morgan fingerprint density at radius 2 is 1.83 bits per heavy atom. The molecule has 4 N–H and O–H groups in total. The predicted octanol–water partition coefficient (Wildman–Crippen LogP) is 2.60. The van der Waals surface area contributed by atoms with Gasteiger partial charge in [0.05, 0.1) is 12.6 Å². The standard InChI is InChI=1S/C20H20N6O3S/c1-12-16(14-9-6-10-15(17(14)23-12)30(21,27)28)18-24-19(26-20(25-18)29-2)22-11-13-7-4-3-5-8-13/h3-10,23H,11H2,1-2H3,(H2,21,27,28)(H,22,24,25,26). The summed E-state index contributed by atoms with van der Waals surface area (Å²) in [6.45, 7) is 2.34. The van der Waals surface area contributed by atoms with Crippen LogP contribution in [0, 0.1) is 6.92 Å². The Bertz CT molecular complexity index is 1320. The number of H-pyrrole nitrogens is 1. The van der Waals surface area contributed by atoms with Crippen LogP contribution in [0.15, 0.2) is 53.4 Å². The van der Waals surface area contributed by atoms with Gasteiger partial charge in [0, 0.05) is 23.2 Å². The third-order valence-electron chi connectivity index (χ3n) is 4.60. The summed E-state index contributed by atoms with van der Waals surface area (Å²) in [4.78, 5) is 16.3. The molecule has 2 heterocycles. The number of para-hydroxylation sites is 1. The highest BCUT2D eigenvalue weighted by molar-refractivity contribution is 7.89. The maximum absolute atomic E-state index is 12.0. The van der Waals surface area contributed by atoms with E-state index < -0.39 is 10.0 Å². The van der Waals surface area contributed by atoms with Gasteiger partial charge in [0.25, 0.3) is 0 Å². The largest absolute Gasteiger partial charge is 0.467 e. The van der Waals surface area contributed by atoms with E-state index in [0.717, 1.165) is 5.56 Å². The number of aromatic nitrogens is 4. The smallest absolute Gasteiger partial charge is 0.321 e. The first-order chi connectivity index (χ1) is 14.4. The zero-order valence-electron chi connectivity index (χ0n) is 16.4. The van der Waals surface area contributed by atoms with Gasteiger partial charge in [0.2, 0.25) is 16.0 Å². The molecule has 2 aromatic heterocycles. The van der Waals surface area contributed by atoms with Gasteiger partial charge in [-0.3, -0.25) is 0 Å². The normalized spacial score (nSPS) is 11.6. The van der Waals surface area contributed by atoms with E-state index in [4.69, 9.17) is 9.88 Å². The molecule has 154 valence electrons. The molecule has 0 fully saturated rings. The molecule has 30 heavy (non-hydrogen) atoms. The van der Waals surface area contributed by atoms with E-state index in [1.807, 2.05) is 37.3 Å². The zero-order valence-corrected chi connectivity index (χ0v) is 17.2. The Morgan fingerprint density at radius 1 is 1.07 bits per heavy atom. The minimum atomic E-state index is -3.90. The quantitative estimate of drug-likeness (QED) is 0.433. The lowest BCUT2D eigenvalue weighted by atomic mass is 10.1. The molecule has 9 nitrogen and oxygen atoms in total. The van der Waals surface area contributed by atoms with Crippen molar-refractivity contribution in [3.8, 4) is 17.4 Å². The van der Waals surface area contributed by atoms with Crippen LogP contribution in [-0.2, 0) is 16.6 Å². The first-order valence-electron chi connectivity index (χ1n) is 9.09. The molecular formula is C20H20N6O3S. The summed E-state index contributed by atoms with van der Waals surface area (Å²) in [6, 6.07) is 14.9. The van der Waals surface area contributed by atoms with Crippen molar-refractivity contribution < 1.29 is 13.2 Å². The minimum Gasteiger partial charge on any atom is -0.467 e. The van der Waals surface area contributed by atoms with Crippen LogP contribution in [0.25, 0.3) is 22.3 Å². The Hall–Kier alpha value is -3.50. The van der Waals surface area contributed by atoms with Gasteiger partial charge in [-0.2, -0.15) is 15.0 Å². The number of aromatic amines is 1. The Balaban J connectivity index is 1.80. The molecule has 0 aliphatic heterocycles. The summed E-state index contributed by atoms with van der Waals surface area (Å²) in [7, 11) is -2.42. The van der Waals surface area contributed by atoms with E-state index in [1.165, 1.54) is 13.2 Å². The number of nitrogens with one attached hydrogen (secondary N) is 2. The van der Waals surface area contributed by atoms with Crippen LogP contribution in [0.4, 0.5) is 5.95 Å². The average Bonchev–Trinajstić information content (AvgIpc) is 3.07. The van der Waals surface area contributed by atoms with Crippen LogP contribution >= 0.6 is 0 Å². The van der Waals surface area contributed by atoms with Gasteiger partial charge < -0.3 is 15.0 Å². The molecule has 2 aromatic carbocycles. The van der Waals surface area contributed by atoms with Crippen molar-refractivity contribution in [2.45, 2.75) is 18.4 Å². The number of nitrogens with two attached hydrogens (primary N) is 1. The van der Waals surface area contributed by atoms with Gasteiger partial charge in [-0.05, 0) is 18.6 Å². The summed E-state index contributed by atoms with van der Waals surface area (Å²) in [5.74, 6) is 0.699. The van der Waals surface area contributed by atoms with Crippen LogP contribution < -0.4 is 15.2 Å². The topological polar surface area (TPSA) is 136 Å². The fraction of sp³-hybridized carbons (Fsp3) is 0.150. The SMILES string of the molecule is COc1nc(NCc2ccccc2)nc(-c2c(C)[nH]c3c(S(N)(=O)=O)cccc23)n1. The van der Waals surface area contributed by atoms with Crippen LogP contribution in [-0.4, -0.2) is 35.5 Å². The number of methoxy groups -OCH3 is 1. The Kier molecular flexibility index (Phi) is 5.10. The number of nitrogens with zero attached hydrogens (tertiary/aromatic N) is 3. The number of anilines is 1. The molecule has 0 spiro atoms. The average molecular weight is 424 g/mol. The highest BCUT2D eigenvalue weighted by Gasteiger charge is 2.21. The summed E-state index contributed by atoms with van der Waals surface area (Å²) in [5, 5.41) is 9.18. The number of hydrogen-bond acceptors (Lipinski definition) is 7. The lowest BCUT2D eigenvalue weighted by Crippen LogP contribution is -2.12. The van der Waals surface area contributed by atoms with E-state index in [1.54, 1.807) is 12.1 Å². The third kappa shape index (κ3) is 3.82. The van der Waals surface area contributed by atoms with Crippen molar-refractivity contribution in [3.63, 3.8) is 0 Å². The number of rotatable bonds is 6. The van der Waals surface area contributed by atoms with Gasteiger partial charge in [-0.15, -0.1) is 0 Å². The lowest BCUT2D eigenvalue weighted by molar-refractivity contribution is 0.379. The highest BCUT2D eigenvalue weighted by atomic mass is 32.2. The molecule has 10 heteroatoms. The maximum atomic E-state index is 12.0.